The lowest BCUT2D eigenvalue weighted by Crippen LogP contribution is -2.44. The molecule has 0 aromatic heterocycles. The van der Waals surface area contributed by atoms with Crippen molar-refractivity contribution >= 4 is 17.3 Å². The van der Waals surface area contributed by atoms with Crippen LogP contribution in [0, 0.1) is 11.3 Å². The fourth-order valence-corrected chi connectivity index (χ4v) is 1.94. The second-order valence-corrected chi connectivity index (χ2v) is 4.55. The van der Waals surface area contributed by atoms with Gasteiger partial charge >= 0.3 is 0 Å². The molecule has 0 radical (unpaired) electrons. The van der Waals surface area contributed by atoms with Crippen molar-refractivity contribution in [3.8, 4) is 6.07 Å². The Morgan fingerprint density at radius 3 is 2.53 bits per heavy atom. The molecule has 92 valence electrons. The van der Waals surface area contributed by atoms with Gasteiger partial charge in [-0.15, -0.1) is 0 Å². The zero-order valence-electron chi connectivity index (χ0n) is 10.3. The third kappa shape index (κ3) is 3.12. The quantitative estimate of drug-likeness (QED) is 0.845. The Morgan fingerprint density at radius 1 is 1.41 bits per heavy atom. The van der Waals surface area contributed by atoms with Crippen LogP contribution >= 0.6 is 11.6 Å². The lowest BCUT2D eigenvalue weighted by Gasteiger charge is -2.33. The summed E-state index contributed by atoms with van der Waals surface area (Å²) in [6.45, 7) is 4.71. The lowest BCUT2D eigenvalue weighted by atomic mass is 9.92. The molecule has 0 bridgehead atoms. The van der Waals surface area contributed by atoms with Gasteiger partial charge in [-0.2, -0.15) is 5.26 Å². The minimum absolute atomic E-state index is 0.153. The maximum atomic E-state index is 9.08. The average Bonchev–Trinajstić information content (AvgIpc) is 2.37. The summed E-state index contributed by atoms with van der Waals surface area (Å²) in [6, 6.07) is 7.41. The first-order valence-corrected chi connectivity index (χ1v) is 6.16. The number of hydrogen-bond acceptors (Lipinski definition) is 3. The first kappa shape index (κ1) is 13.8. The highest BCUT2D eigenvalue weighted by Crippen LogP contribution is 2.26. The predicted octanol–water partition coefficient (Wildman–Crippen LogP) is 3.14. The van der Waals surface area contributed by atoms with Crippen molar-refractivity contribution in [2.75, 3.05) is 11.9 Å². The van der Waals surface area contributed by atoms with E-state index >= 15 is 0 Å². The SMILES string of the molecule is CCC(CC)(CN)Nc1ccc(Cl)cc1C#N. The number of nitrogens with zero attached hydrogens (tertiary/aromatic N) is 1. The predicted molar refractivity (Wildman–Crippen MR) is 72.2 cm³/mol. The standard InChI is InChI=1S/C13H18ClN3/c1-3-13(4-2,9-16)17-12-6-5-11(14)7-10(12)8-15/h5-7,17H,3-4,9,16H2,1-2H3. The molecule has 0 heterocycles. The van der Waals surface area contributed by atoms with Crippen LogP contribution in [0.15, 0.2) is 18.2 Å². The fourth-order valence-electron chi connectivity index (χ4n) is 1.77. The largest absolute Gasteiger partial charge is 0.377 e. The highest BCUT2D eigenvalue weighted by Gasteiger charge is 2.24. The van der Waals surface area contributed by atoms with E-state index in [-0.39, 0.29) is 5.54 Å². The molecule has 0 spiro atoms. The zero-order chi connectivity index (χ0) is 12.9. The minimum Gasteiger partial charge on any atom is -0.377 e. The summed E-state index contributed by atoms with van der Waals surface area (Å²) in [6.07, 6.45) is 1.82. The molecule has 0 unspecified atom stereocenters. The molecule has 1 rings (SSSR count). The van der Waals surface area contributed by atoms with E-state index in [0.29, 0.717) is 17.1 Å². The zero-order valence-corrected chi connectivity index (χ0v) is 11.0. The Bertz CT molecular complexity index is 411. The Labute approximate surface area is 108 Å². The fraction of sp³-hybridized carbons (Fsp3) is 0.462. The van der Waals surface area contributed by atoms with Gasteiger partial charge in [-0.1, -0.05) is 25.4 Å². The van der Waals surface area contributed by atoms with E-state index in [1.807, 2.05) is 6.07 Å². The van der Waals surface area contributed by atoms with Crippen LogP contribution in [0.2, 0.25) is 5.02 Å². The van der Waals surface area contributed by atoms with Crippen LogP contribution in [-0.4, -0.2) is 12.1 Å². The van der Waals surface area contributed by atoms with E-state index in [2.05, 4.69) is 25.2 Å². The number of anilines is 1. The summed E-state index contributed by atoms with van der Waals surface area (Å²) in [5, 5.41) is 13.0. The molecule has 17 heavy (non-hydrogen) atoms. The second-order valence-electron chi connectivity index (χ2n) is 4.12. The second kappa shape index (κ2) is 5.90. The van der Waals surface area contributed by atoms with Crippen molar-refractivity contribution in [1.29, 1.82) is 5.26 Å². The smallest absolute Gasteiger partial charge is 0.101 e. The molecule has 0 aliphatic carbocycles. The van der Waals surface area contributed by atoms with Crippen molar-refractivity contribution in [3.05, 3.63) is 28.8 Å². The van der Waals surface area contributed by atoms with Crippen LogP contribution in [0.4, 0.5) is 5.69 Å². The molecule has 3 N–H and O–H groups in total. The summed E-state index contributed by atoms with van der Waals surface area (Å²) in [7, 11) is 0. The van der Waals surface area contributed by atoms with Gasteiger partial charge in [0.15, 0.2) is 0 Å². The molecule has 0 atom stereocenters. The van der Waals surface area contributed by atoms with Gasteiger partial charge in [-0.3, -0.25) is 0 Å². The topological polar surface area (TPSA) is 61.8 Å². The number of nitrogens with two attached hydrogens (primary N) is 1. The minimum atomic E-state index is -0.153. The van der Waals surface area contributed by atoms with Crippen LogP contribution in [0.25, 0.3) is 0 Å². The number of nitriles is 1. The average molecular weight is 252 g/mol. The monoisotopic (exact) mass is 251 g/mol. The first-order chi connectivity index (χ1) is 8.10. The number of hydrogen-bond donors (Lipinski definition) is 2. The molecule has 0 saturated heterocycles. The van der Waals surface area contributed by atoms with E-state index in [4.69, 9.17) is 22.6 Å². The van der Waals surface area contributed by atoms with Crippen molar-refractivity contribution in [2.24, 2.45) is 5.73 Å². The van der Waals surface area contributed by atoms with Gasteiger partial charge < -0.3 is 11.1 Å². The van der Waals surface area contributed by atoms with E-state index in [1.165, 1.54) is 0 Å². The van der Waals surface area contributed by atoms with Gasteiger partial charge in [0.1, 0.15) is 6.07 Å². The maximum Gasteiger partial charge on any atom is 0.101 e. The molecule has 1 aromatic rings. The number of benzene rings is 1. The highest BCUT2D eigenvalue weighted by molar-refractivity contribution is 6.30. The summed E-state index contributed by atoms with van der Waals surface area (Å²) < 4.78 is 0. The van der Waals surface area contributed by atoms with E-state index in [9.17, 15) is 0 Å². The van der Waals surface area contributed by atoms with Gasteiger partial charge in [0.25, 0.3) is 0 Å². The number of nitrogens with one attached hydrogen (secondary N) is 1. The van der Waals surface area contributed by atoms with E-state index < -0.39 is 0 Å². The molecule has 0 fully saturated rings. The summed E-state index contributed by atoms with van der Waals surface area (Å²) in [5.74, 6) is 0. The number of rotatable bonds is 5. The molecule has 0 aliphatic heterocycles. The Morgan fingerprint density at radius 2 is 2.06 bits per heavy atom. The third-order valence-corrected chi connectivity index (χ3v) is 3.48. The van der Waals surface area contributed by atoms with Crippen LogP contribution in [-0.2, 0) is 0 Å². The molecule has 0 aliphatic rings. The Kier molecular flexibility index (Phi) is 4.80. The Hall–Kier alpha value is -1.24. The lowest BCUT2D eigenvalue weighted by molar-refractivity contribution is 0.445. The van der Waals surface area contributed by atoms with Gasteiger partial charge in [0, 0.05) is 17.1 Å². The van der Waals surface area contributed by atoms with Gasteiger partial charge in [0.2, 0.25) is 0 Å². The summed E-state index contributed by atoms with van der Waals surface area (Å²) in [5.41, 5.74) is 7.02. The third-order valence-electron chi connectivity index (χ3n) is 3.25. The highest BCUT2D eigenvalue weighted by atomic mass is 35.5. The van der Waals surface area contributed by atoms with Crippen LogP contribution < -0.4 is 11.1 Å². The van der Waals surface area contributed by atoms with Crippen molar-refractivity contribution in [3.63, 3.8) is 0 Å². The van der Waals surface area contributed by atoms with Crippen LogP contribution in [0.5, 0.6) is 0 Å². The van der Waals surface area contributed by atoms with Crippen molar-refractivity contribution < 1.29 is 0 Å². The first-order valence-electron chi connectivity index (χ1n) is 5.78. The van der Waals surface area contributed by atoms with Crippen LogP contribution in [0.3, 0.4) is 0 Å². The summed E-state index contributed by atoms with van der Waals surface area (Å²) >= 11 is 5.86. The summed E-state index contributed by atoms with van der Waals surface area (Å²) in [4.78, 5) is 0. The van der Waals surface area contributed by atoms with Crippen LogP contribution in [0.1, 0.15) is 32.3 Å². The maximum absolute atomic E-state index is 9.08. The number of halogens is 1. The van der Waals surface area contributed by atoms with Crippen molar-refractivity contribution in [2.45, 2.75) is 32.2 Å². The molecule has 0 amide bonds. The molecular formula is C13H18ClN3. The molecule has 0 saturated carbocycles. The molecule has 1 aromatic carbocycles. The van der Waals surface area contributed by atoms with Crippen molar-refractivity contribution in [1.82, 2.24) is 0 Å². The normalized spacial score (nSPS) is 11.0. The molecule has 4 heteroatoms. The van der Waals surface area contributed by atoms with Gasteiger partial charge in [-0.25, -0.2) is 0 Å². The van der Waals surface area contributed by atoms with Gasteiger partial charge in [0.05, 0.1) is 11.3 Å². The molecule has 3 nitrogen and oxygen atoms in total. The van der Waals surface area contributed by atoms with E-state index in [0.717, 1.165) is 18.5 Å². The Balaban J connectivity index is 3.06. The molecular weight excluding hydrogens is 234 g/mol. The van der Waals surface area contributed by atoms with E-state index in [1.54, 1.807) is 12.1 Å². The van der Waals surface area contributed by atoms with Gasteiger partial charge in [-0.05, 0) is 31.0 Å².